The van der Waals surface area contributed by atoms with Gasteiger partial charge in [0.25, 0.3) is 0 Å². The van der Waals surface area contributed by atoms with E-state index in [4.69, 9.17) is 0 Å². The van der Waals surface area contributed by atoms with E-state index in [0.717, 1.165) is 38.5 Å². The Kier molecular flexibility index (Phi) is 3.33. The van der Waals surface area contributed by atoms with Gasteiger partial charge in [0.15, 0.2) is 0 Å². The predicted octanol–water partition coefficient (Wildman–Crippen LogP) is -0.0508. The third-order valence-corrected chi connectivity index (χ3v) is 2.84. The van der Waals surface area contributed by atoms with Crippen LogP contribution in [0.3, 0.4) is 0 Å². The normalized spacial score (nSPS) is 18.8. The number of hydrogen-bond acceptors (Lipinski definition) is 4. The number of hydrogen-bond donors (Lipinski definition) is 1. The zero-order chi connectivity index (χ0) is 10.7. The van der Waals surface area contributed by atoms with E-state index >= 15 is 0 Å². The molecule has 0 radical (unpaired) electrons. The lowest BCUT2D eigenvalue weighted by Gasteiger charge is -2.29. The second kappa shape index (κ2) is 4.72. The zero-order valence-electron chi connectivity index (χ0n) is 9.48. The molecule has 5 nitrogen and oxygen atoms in total. The largest absolute Gasteiger partial charge is 0.319 e. The second-order valence-electron chi connectivity index (χ2n) is 4.34. The quantitative estimate of drug-likeness (QED) is 0.755. The molecule has 1 aromatic heterocycles. The highest BCUT2D eigenvalue weighted by Crippen LogP contribution is 2.10. The molecule has 0 saturated carbocycles. The molecule has 15 heavy (non-hydrogen) atoms. The standard InChI is InChI=1S/C10H19N5/c1-9(5-11-2)6-14-3-4-15-8-12-13-10(15)7-14/h8-9,11H,3-7H2,1-2H3. The van der Waals surface area contributed by atoms with Gasteiger partial charge in [-0.1, -0.05) is 6.92 Å². The molecule has 0 spiro atoms. The smallest absolute Gasteiger partial charge is 0.147 e. The van der Waals surface area contributed by atoms with E-state index in [1.807, 2.05) is 13.4 Å². The molecule has 0 bridgehead atoms. The maximum Gasteiger partial charge on any atom is 0.147 e. The molecule has 0 saturated heterocycles. The lowest BCUT2D eigenvalue weighted by atomic mass is 10.1. The average molecular weight is 209 g/mol. The van der Waals surface area contributed by atoms with E-state index in [1.54, 1.807) is 0 Å². The van der Waals surface area contributed by atoms with Gasteiger partial charge in [-0.2, -0.15) is 0 Å². The molecule has 2 heterocycles. The molecule has 0 fully saturated rings. The summed E-state index contributed by atoms with van der Waals surface area (Å²) in [5.74, 6) is 1.78. The topological polar surface area (TPSA) is 46.0 Å². The Hall–Kier alpha value is -0.940. The second-order valence-corrected chi connectivity index (χ2v) is 4.34. The van der Waals surface area contributed by atoms with Crippen molar-refractivity contribution in [3.05, 3.63) is 12.2 Å². The molecule has 84 valence electrons. The Labute approximate surface area is 90.5 Å². The van der Waals surface area contributed by atoms with Gasteiger partial charge in [-0.25, -0.2) is 0 Å². The molecule has 5 heteroatoms. The maximum absolute atomic E-state index is 4.12. The van der Waals surface area contributed by atoms with Crippen molar-refractivity contribution >= 4 is 0 Å². The highest BCUT2D eigenvalue weighted by atomic mass is 15.3. The van der Waals surface area contributed by atoms with Crippen molar-refractivity contribution in [1.29, 1.82) is 0 Å². The predicted molar refractivity (Wildman–Crippen MR) is 58.4 cm³/mol. The molecule has 1 aliphatic rings. The highest BCUT2D eigenvalue weighted by Gasteiger charge is 2.18. The minimum atomic E-state index is 0.685. The first kappa shape index (κ1) is 10.6. The first-order valence-corrected chi connectivity index (χ1v) is 5.53. The van der Waals surface area contributed by atoms with Gasteiger partial charge in [-0.15, -0.1) is 10.2 Å². The molecule has 0 aliphatic carbocycles. The van der Waals surface area contributed by atoms with Crippen LogP contribution in [0.5, 0.6) is 0 Å². The fraction of sp³-hybridized carbons (Fsp3) is 0.800. The summed E-state index contributed by atoms with van der Waals surface area (Å²) >= 11 is 0. The monoisotopic (exact) mass is 209 g/mol. The van der Waals surface area contributed by atoms with Crippen molar-refractivity contribution in [3.63, 3.8) is 0 Å². The van der Waals surface area contributed by atoms with Crippen LogP contribution in [0.4, 0.5) is 0 Å². The summed E-state index contributed by atoms with van der Waals surface area (Å²) in [6.07, 6.45) is 1.82. The lowest BCUT2D eigenvalue weighted by Crippen LogP contribution is -2.38. The van der Waals surface area contributed by atoms with Gasteiger partial charge in [0.05, 0.1) is 6.54 Å². The third-order valence-electron chi connectivity index (χ3n) is 2.84. The van der Waals surface area contributed by atoms with E-state index in [9.17, 15) is 0 Å². The van der Waals surface area contributed by atoms with Gasteiger partial charge in [-0.3, -0.25) is 4.90 Å². The molecular weight excluding hydrogens is 190 g/mol. The van der Waals surface area contributed by atoms with Crippen molar-refractivity contribution in [2.24, 2.45) is 5.92 Å². The van der Waals surface area contributed by atoms with E-state index in [0.29, 0.717) is 5.92 Å². The van der Waals surface area contributed by atoms with Crippen molar-refractivity contribution in [2.75, 3.05) is 26.7 Å². The summed E-state index contributed by atoms with van der Waals surface area (Å²) in [4.78, 5) is 2.45. The van der Waals surface area contributed by atoms with E-state index in [-0.39, 0.29) is 0 Å². The van der Waals surface area contributed by atoms with Crippen LogP contribution in [-0.4, -0.2) is 46.3 Å². The fourth-order valence-electron chi connectivity index (χ4n) is 2.13. The first-order chi connectivity index (χ1) is 7.29. The third kappa shape index (κ3) is 2.54. The summed E-state index contributed by atoms with van der Waals surface area (Å²) in [6.45, 7) is 7.55. The maximum atomic E-state index is 4.12. The average Bonchev–Trinajstić information content (AvgIpc) is 2.65. The van der Waals surface area contributed by atoms with Gasteiger partial charge < -0.3 is 9.88 Å². The van der Waals surface area contributed by atoms with E-state index in [1.165, 1.54) is 0 Å². The van der Waals surface area contributed by atoms with E-state index < -0.39 is 0 Å². The number of nitrogens with one attached hydrogen (secondary N) is 1. The molecule has 0 amide bonds. The SMILES string of the molecule is CNCC(C)CN1CCn2cnnc2C1. The summed E-state index contributed by atoms with van der Waals surface area (Å²) in [5, 5.41) is 11.3. The van der Waals surface area contributed by atoms with Crippen LogP contribution in [0.25, 0.3) is 0 Å². The number of nitrogens with zero attached hydrogens (tertiary/aromatic N) is 4. The summed E-state index contributed by atoms with van der Waals surface area (Å²) in [6, 6.07) is 0. The summed E-state index contributed by atoms with van der Waals surface area (Å²) in [5.41, 5.74) is 0. The Morgan fingerprint density at radius 1 is 1.53 bits per heavy atom. The van der Waals surface area contributed by atoms with Crippen LogP contribution in [0, 0.1) is 5.92 Å². The van der Waals surface area contributed by atoms with Crippen LogP contribution < -0.4 is 5.32 Å². The molecular formula is C10H19N5. The summed E-state index contributed by atoms with van der Waals surface area (Å²) in [7, 11) is 2.00. The lowest BCUT2D eigenvalue weighted by molar-refractivity contribution is 0.189. The highest BCUT2D eigenvalue weighted by molar-refractivity contribution is 4.90. The van der Waals surface area contributed by atoms with Crippen LogP contribution in [0.1, 0.15) is 12.7 Å². The van der Waals surface area contributed by atoms with Crippen molar-refractivity contribution < 1.29 is 0 Å². The van der Waals surface area contributed by atoms with Gasteiger partial charge in [-0.05, 0) is 19.5 Å². The van der Waals surface area contributed by atoms with Gasteiger partial charge >= 0.3 is 0 Å². The minimum Gasteiger partial charge on any atom is -0.319 e. The number of rotatable bonds is 4. The molecule has 1 unspecified atom stereocenters. The van der Waals surface area contributed by atoms with Crippen LogP contribution >= 0.6 is 0 Å². The van der Waals surface area contributed by atoms with Gasteiger partial charge in [0.1, 0.15) is 12.2 Å². The van der Waals surface area contributed by atoms with Crippen LogP contribution in [0.2, 0.25) is 0 Å². The van der Waals surface area contributed by atoms with Crippen molar-refractivity contribution in [1.82, 2.24) is 25.0 Å². The van der Waals surface area contributed by atoms with Gasteiger partial charge in [0, 0.05) is 19.6 Å². The number of aromatic nitrogens is 3. The van der Waals surface area contributed by atoms with E-state index in [2.05, 4.69) is 31.9 Å². The molecule has 0 aromatic carbocycles. The Balaban J connectivity index is 1.87. The molecule has 1 aliphatic heterocycles. The van der Waals surface area contributed by atoms with Crippen molar-refractivity contribution in [2.45, 2.75) is 20.0 Å². The molecule has 1 N–H and O–H groups in total. The van der Waals surface area contributed by atoms with Crippen LogP contribution in [0.15, 0.2) is 6.33 Å². The zero-order valence-corrected chi connectivity index (χ0v) is 9.48. The first-order valence-electron chi connectivity index (χ1n) is 5.53. The summed E-state index contributed by atoms with van der Waals surface area (Å²) < 4.78 is 2.14. The minimum absolute atomic E-state index is 0.685. The van der Waals surface area contributed by atoms with Gasteiger partial charge in [0.2, 0.25) is 0 Å². The molecule has 2 rings (SSSR count). The number of fused-ring (bicyclic) bond motifs is 1. The molecule has 1 aromatic rings. The van der Waals surface area contributed by atoms with Crippen LogP contribution in [-0.2, 0) is 13.1 Å². The molecule has 1 atom stereocenters. The van der Waals surface area contributed by atoms with Crippen molar-refractivity contribution in [3.8, 4) is 0 Å². The Bertz CT molecular complexity index is 309. The Morgan fingerprint density at radius 2 is 2.40 bits per heavy atom. The fourth-order valence-corrected chi connectivity index (χ4v) is 2.13. The Morgan fingerprint density at radius 3 is 3.20 bits per heavy atom.